The Kier molecular flexibility index (Phi) is 3.60. The topological polar surface area (TPSA) is 59.4 Å². The number of pyridine rings is 1. The van der Waals surface area contributed by atoms with Crippen molar-refractivity contribution < 1.29 is 19.0 Å². The van der Waals surface area contributed by atoms with Crippen molar-refractivity contribution in [2.45, 2.75) is 13.3 Å². The molecule has 0 saturated heterocycles. The minimum Gasteiger partial charge on any atom is -0.494 e. The number of carbonyl (C=O) groups is 1. The largest absolute Gasteiger partial charge is 0.494 e. The van der Waals surface area contributed by atoms with Crippen LogP contribution < -0.4 is 4.74 Å². The lowest BCUT2D eigenvalue weighted by Gasteiger charge is -2.07. The Labute approximate surface area is 86.7 Å². The van der Waals surface area contributed by atoms with E-state index in [2.05, 4.69) is 4.98 Å². The van der Waals surface area contributed by atoms with Gasteiger partial charge in [-0.2, -0.15) is 0 Å². The molecule has 1 rings (SSSR count). The van der Waals surface area contributed by atoms with Crippen LogP contribution in [0, 0.1) is 11.7 Å². The van der Waals surface area contributed by atoms with Crippen LogP contribution in [0.1, 0.15) is 12.6 Å². The summed E-state index contributed by atoms with van der Waals surface area (Å²) in [5, 5.41) is 8.69. The molecule has 0 aromatic carbocycles. The van der Waals surface area contributed by atoms with Crippen molar-refractivity contribution in [1.29, 1.82) is 0 Å². The summed E-state index contributed by atoms with van der Waals surface area (Å²) in [7, 11) is 1.35. The first kappa shape index (κ1) is 11.4. The number of aliphatic carboxylic acids is 1. The second kappa shape index (κ2) is 4.72. The molecule has 0 bridgehead atoms. The average Bonchev–Trinajstić information content (AvgIpc) is 2.20. The van der Waals surface area contributed by atoms with Crippen molar-refractivity contribution >= 4 is 5.97 Å². The number of hydrogen-bond acceptors (Lipinski definition) is 3. The van der Waals surface area contributed by atoms with Gasteiger partial charge in [-0.3, -0.25) is 9.78 Å². The van der Waals surface area contributed by atoms with Crippen molar-refractivity contribution in [2.24, 2.45) is 5.92 Å². The molecule has 0 aliphatic carbocycles. The number of hydrogen-bond donors (Lipinski definition) is 1. The van der Waals surface area contributed by atoms with Crippen molar-refractivity contribution in [3.63, 3.8) is 0 Å². The van der Waals surface area contributed by atoms with E-state index < -0.39 is 17.7 Å². The van der Waals surface area contributed by atoms with Gasteiger partial charge in [0.2, 0.25) is 0 Å². The maximum Gasteiger partial charge on any atom is 0.306 e. The fraction of sp³-hybridized carbons (Fsp3) is 0.400. The van der Waals surface area contributed by atoms with Gasteiger partial charge in [0.1, 0.15) is 0 Å². The molecule has 1 aromatic heterocycles. The van der Waals surface area contributed by atoms with Gasteiger partial charge in [0.25, 0.3) is 0 Å². The van der Waals surface area contributed by atoms with Crippen molar-refractivity contribution in [2.75, 3.05) is 7.11 Å². The average molecular weight is 213 g/mol. The van der Waals surface area contributed by atoms with Gasteiger partial charge in [0.05, 0.1) is 19.2 Å². The number of nitrogens with zero attached hydrogens (tertiary/aromatic N) is 1. The van der Waals surface area contributed by atoms with Gasteiger partial charge in [0, 0.05) is 18.2 Å². The Balaban J connectivity index is 2.83. The molecule has 1 heterocycles. The lowest BCUT2D eigenvalue weighted by molar-refractivity contribution is -0.141. The minimum absolute atomic E-state index is 0.0811. The van der Waals surface area contributed by atoms with Crippen molar-refractivity contribution in [1.82, 2.24) is 4.98 Å². The van der Waals surface area contributed by atoms with Crippen LogP contribution in [-0.2, 0) is 11.2 Å². The van der Waals surface area contributed by atoms with Gasteiger partial charge in [-0.15, -0.1) is 0 Å². The van der Waals surface area contributed by atoms with Crippen LogP contribution in [0.15, 0.2) is 12.3 Å². The van der Waals surface area contributed by atoms with Crippen LogP contribution in [0.3, 0.4) is 0 Å². The molecule has 82 valence electrons. The molecule has 1 unspecified atom stereocenters. The molecule has 1 atom stereocenters. The first-order chi connectivity index (χ1) is 7.04. The van der Waals surface area contributed by atoms with Gasteiger partial charge in [-0.05, 0) is 0 Å². The number of halogens is 1. The maximum atomic E-state index is 13.0. The fourth-order valence-electron chi connectivity index (χ4n) is 1.13. The zero-order valence-electron chi connectivity index (χ0n) is 8.53. The summed E-state index contributed by atoms with van der Waals surface area (Å²) >= 11 is 0. The van der Waals surface area contributed by atoms with Crippen LogP contribution in [0.25, 0.3) is 0 Å². The lowest BCUT2D eigenvalue weighted by atomic mass is 10.1. The van der Waals surface area contributed by atoms with E-state index in [0.29, 0.717) is 5.69 Å². The van der Waals surface area contributed by atoms with Crippen LogP contribution in [0.5, 0.6) is 5.75 Å². The molecular weight excluding hydrogens is 201 g/mol. The maximum absolute atomic E-state index is 13.0. The molecule has 0 spiro atoms. The zero-order chi connectivity index (χ0) is 11.4. The normalized spacial score (nSPS) is 12.2. The second-order valence-electron chi connectivity index (χ2n) is 3.25. The molecule has 1 N–H and O–H groups in total. The summed E-state index contributed by atoms with van der Waals surface area (Å²) in [6.45, 7) is 1.57. The van der Waals surface area contributed by atoms with E-state index in [1.165, 1.54) is 13.2 Å². The highest BCUT2D eigenvalue weighted by atomic mass is 19.1. The molecule has 1 aromatic rings. The third-order valence-electron chi connectivity index (χ3n) is 2.03. The van der Waals surface area contributed by atoms with Crippen LogP contribution in [0.2, 0.25) is 0 Å². The van der Waals surface area contributed by atoms with Crippen molar-refractivity contribution in [3.8, 4) is 5.75 Å². The number of carboxylic acids is 1. The highest BCUT2D eigenvalue weighted by molar-refractivity contribution is 5.69. The third kappa shape index (κ3) is 2.90. The fourth-order valence-corrected chi connectivity index (χ4v) is 1.13. The highest BCUT2D eigenvalue weighted by Crippen LogP contribution is 2.17. The summed E-state index contributed by atoms with van der Waals surface area (Å²) < 4.78 is 17.7. The molecule has 5 heteroatoms. The molecule has 0 fully saturated rings. The van der Waals surface area contributed by atoms with Gasteiger partial charge in [-0.1, -0.05) is 6.92 Å². The van der Waals surface area contributed by atoms with Gasteiger partial charge in [0.15, 0.2) is 11.6 Å². The smallest absolute Gasteiger partial charge is 0.306 e. The Bertz CT molecular complexity index is 368. The standard InChI is InChI=1S/C10H12FNO3/c1-6(10(13)14)3-7-4-9(15-2)8(11)5-12-7/h4-6H,3H2,1-2H3,(H,13,14). The highest BCUT2D eigenvalue weighted by Gasteiger charge is 2.14. The Morgan fingerprint density at radius 1 is 1.73 bits per heavy atom. The molecule has 0 amide bonds. The zero-order valence-corrected chi connectivity index (χ0v) is 8.53. The number of methoxy groups -OCH3 is 1. The molecule has 0 aliphatic heterocycles. The molecule has 0 saturated carbocycles. The van der Waals surface area contributed by atoms with E-state index in [9.17, 15) is 9.18 Å². The predicted molar refractivity (Wildman–Crippen MR) is 51.3 cm³/mol. The predicted octanol–water partition coefficient (Wildman–Crippen LogP) is 1.49. The number of ether oxygens (including phenoxy) is 1. The van der Waals surface area contributed by atoms with E-state index in [1.807, 2.05) is 0 Å². The SMILES string of the molecule is COc1cc(CC(C)C(=O)O)ncc1F. The van der Waals surface area contributed by atoms with E-state index in [4.69, 9.17) is 9.84 Å². The van der Waals surface area contributed by atoms with Gasteiger partial charge in [-0.25, -0.2) is 4.39 Å². The first-order valence-electron chi connectivity index (χ1n) is 4.45. The Morgan fingerprint density at radius 2 is 2.40 bits per heavy atom. The summed E-state index contributed by atoms with van der Waals surface area (Å²) in [5.74, 6) is -1.92. The Morgan fingerprint density at radius 3 is 2.93 bits per heavy atom. The number of rotatable bonds is 4. The number of aromatic nitrogens is 1. The van der Waals surface area contributed by atoms with Crippen LogP contribution >= 0.6 is 0 Å². The summed E-state index contributed by atoms with van der Waals surface area (Å²) in [4.78, 5) is 14.4. The molecule has 15 heavy (non-hydrogen) atoms. The molecule has 0 radical (unpaired) electrons. The molecular formula is C10H12FNO3. The summed E-state index contributed by atoms with van der Waals surface area (Å²) in [5.41, 5.74) is 0.503. The van der Waals surface area contributed by atoms with E-state index in [0.717, 1.165) is 6.20 Å². The van der Waals surface area contributed by atoms with E-state index in [-0.39, 0.29) is 12.2 Å². The van der Waals surface area contributed by atoms with E-state index >= 15 is 0 Å². The molecule has 0 aliphatic rings. The lowest BCUT2D eigenvalue weighted by Crippen LogP contribution is -2.13. The van der Waals surface area contributed by atoms with Gasteiger partial charge >= 0.3 is 5.97 Å². The Hall–Kier alpha value is -1.65. The first-order valence-corrected chi connectivity index (χ1v) is 4.45. The van der Waals surface area contributed by atoms with Crippen LogP contribution in [-0.4, -0.2) is 23.2 Å². The number of carboxylic acid groups (broad SMARTS) is 1. The van der Waals surface area contributed by atoms with E-state index in [1.54, 1.807) is 6.92 Å². The summed E-state index contributed by atoms with van der Waals surface area (Å²) in [6, 6.07) is 1.41. The van der Waals surface area contributed by atoms with Gasteiger partial charge < -0.3 is 9.84 Å². The molecule has 4 nitrogen and oxygen atoms in total. The summed E-state index contributed by atoms with van der Waals surface area (Å²) in [6.07, 6.45) is 1.29. The second-order valence-corrected chi connectivity index (χ2v) is 3.25. The monoisotopic (exact) mass is 213 g/mol. The van der Waals surface area contributed by atoms with Crippen molar-refractivity contribution in [3.05, 3.63) is 23.8 Å². The quantitative estimate of drug-likeness (QED) is 0.823. The minimum atomic E-state index is -0.903. The van der Waals surface area contributed by atoms with Crippen LogP contribution in [0.4, 0.5) is 4.39 Å². The third-order valence-corrected chi connectivity index (χ3v) is 2.03.